The van der Waals surface area contributed by atoms with Gasteiger partial charge in [0, 0.05) is 6.54 Å². The van der Waals surface area contributed by atoms with Crippen LogP contribution < -0.4 is 14.4 Å². The maximum absolute atomic E-state index is 13.5. The molecule has 0 unspecified atom stereocenters. The summed E-state index contributed by atoms with van der Waals surface area (Å²) in [4.78, 5) is 13.0. The molecule has 7 heteroatoms. The zero-order chi connectivity index (χ0) is 22.0. The first-order chi connectivity index (χ1) is 14.8. The highest BCUT2D eigenvalue weighted by Crippen LogP contribution is 2.37. The second-order valence-electron chi connectivity index (χ2n) is 7.63. The third-order valence-electron chi connectivity index (χ3n) is 5.19. The Morgan fingerprint density at radius 1 is 1.00 bits per heavy atom. The molecule has 0 saturated carbocycles. The van der Waals surface area contributed by atoms with E-state index in [2.05, 4.69) is 5.32 Å². The van der Waals surface area contributed by atoms with Gasteiger partial charge in [0.05, 0.1) is 17.1 Å². The first-order valence-electron chi connectivity index (χ1n) is 10.0. The van der Waals surface area contributed by atoms with Crippen LogP contribution in [0.5, 0.6) is 5.75 Å². The van der Waals surface area contributed by atoms with Crippen LogP contribution in [0, 0.1) is 13.8 Å². The molecular formula is C24H24N2O4S. The number of fused-ring (bicyclic) bond motifs is 1. The third-order valence-corrected chi connectivity index (χ3v) is 6.99. The number of benzene rings is 3. The largest absolute Gasteiger partial charge is 0.476 e. The van der Waals surface area contributed by atoms with Gasteiger partial charge in [-0.05, 0) is 49.2 Å². The molecule has 0 spiro atoms. The average Bonchev–Trinajstić information content (AvgIpc) is 2.77. The van der Waals surface area contributed by atoms with Gasteiger partial charge in [-0.2, -0.15) is 0 Å². The molecule has 1 atom stereocenters. The number of carbonyl (C=O) groups excluding carboxylic acids is 1. The number of rotatable bonds is 5. The lowest BCUT2D eigenvalue weighted by Crippen LogP contribution is -2.50. The van der Waals surface area contributed by atoms with E-state index in [1.807, 2.05) is 50.2 Å². The second-order valence-corrected chi connectivity index (χ2v) is 9.49. The summed E-state index contributed by atoms with van der Waals surface area (Å²) in [7, 11) is -3.87. The van der Waals surface area contributed by atoms with E-state index in [4.69, 9.17) is 4.74 Å². The van der Waals surface area contributed by atoms with E-state index < -0.39 is 16.1 Å². The number of ether oxygens (including phenoxy) is 1. The number of hydrogen-bond acceptors (Lipinski definition) is 4. The highest BCUT2D eigenvalue weighted by molar-refractivity contribution is 7.92. The van der Waals surface area contributed by atoms with Gasteiger partial charge in [0.2, 0.25) is 0 Å². The number of hydrogen-bond donors (Lipinski definition) is 1. The van der Waals surface area contributed by atoms with E-state index in [1.165, 1.54) is 4.31 Å². The maximum Gasteiger partial charge on any atom is 0.264 e. The Morgan fingerprint density at radius 2 is 1.68 bits per heavy atom. The maximum atomic E-state index is 13.5. The lowest BCUT2D eigenvalue weighted by Gasteiger charge is -2.35. The normalized spacial score (nSPS) is 15.7. The summed E-state index contributed by atoms with van der Waals surface area (Å²) in [6.07, 6.45) is -0.959. The standard InChI is InChI=1S/C24H24N2O4S/c1-17-8-11-20(12-9-17)31(28,29)26-16-23(30-22-13-10-18(2)14-21(22)26)24(27)25-15-19-6-4-3-5-7-19/h3-14,23H,15-16H2,1-2H3,(H,25,27)/t23-/m0/s1. The number of aryl methyl sites for hydroxylation is 2. The van der Waals surface area contributed by atoms with Gasteiger partial charge in [-0.25, -0.2) is 8.42 Å². The van der Waals surface area contributed by atoms with Crippen molar-refractivity contribution in [3.05, 3.63) is 89.5 Å². The zero-order valence-corrected chi connectivity index (χ0v) is 18.2. The molecule has 4 rings (SSSR count). The molecule has 31 heavy (non-hydrogen) atoms. The van der Waals surface area contributed by atoms with Crippen LogP contribution in [0.15, 0.2) is 77.7 Å². The Kier molecular flexibility index (Phi) is 5.69. The van der Waals surface area contributed by atoms with Gasteiger partial charge in [0.1, 0.15) is 5.75 Å². The van der Waals surface area contributed by atoms with Crippen LogP contribution in [0.2, 0.25) is 0 Å². The predicted octanol–water partition coefficient (Wildman–Crippen LogP) is 3.58. The minimum atomic E-state index is -3.87. The van der Waals surface area contributed by atoms with Gasteiger partial charge < -0.3 is 10.1 Å². The number of anilines is 1. The molecule has 3 aromatic rings. The van der Waals surface area contributed by atoms with Crippen molar-refractivity contribution in [2.75, 3.05) is 10.8 Å². The molecule has 0 saturated heterocycles. The van der Waals surface area contributed by atoms with Crippen molar-refractivity contribution in [2.24, 2.45) is 0 Å². The van der Waals surface area contributed by atoms with E-state index in [0.29, 0.717) is 18.0 Å². The molecule has 160 valence electrons. The van der Waals surface area contributed by atoms with Crippen molar-refractivity contribution in [1.82, 2.24) is 5.32 Å². The molecule has 3 aromatic carbocycles. The molecule has 6 nitrogen and oxygen atoms in total. The molecular weight excluding hydrogens is 412 g/mol. The summed E-state index contributed by atoms with van der Waals surface area (Å²) in [5.41, 5.74) is 3.26. The molecule has 0 fully saturated rings. The fraction of sp³-hybridized carbons (Fsp3) is 0.208. The Labute approximate surface area is 182 Å². The van der Waals surface area contributed by atoms with Crippen molar-refractivity contribution in [3.63, 3.8) is 0 Å². The van der Waals surface area contributed by atoms with Crippen LogP contribution in [0.4, 0.5) is 5.69 Å². The first kappa shape index (κ1) is 20.9. The molecule has 1 amide bonds. The number of nitrogens with zero attached hydrogens (tertiary/aromatic N) is 1. The Bertz CT molecular complexity index is 1190. The van der Waals surface area contributed by atoms with Crippen LogP contribution in [0.3, 0.4) is 0 Å². The van der Waals surface area contributed by atoms with Gasteiger partial charge in [-0.1, -0.05) is 54.1 Å². The Balaban J connectivity index is 1.63. The topological polar surface area (TPSA) is 75.7 Å². The van der Waals surface area contributed by atoms with Gasteiger partial charge in [-0.3, -0.25) is 9.10 Å². The number of nitrogens with one attached hydrogen (secondary N) is 1. The minimum Gasteiger partial charge on any atom is -0.476 e. The van der Waals surface area contributed by atoms with E-state index in [1.54, 1.807) is 36.4 Å². The van der Waals surface area contributed by atoms with Crippen LogP contribution in [0.25, 0.3) is 0 Å². The quantitative estimate of drug-likeness (QED) is 0.663. The van der Waals surface area contributed by atoms with Crippen LogP contribution >= 0.6 is 0 Å². The zero-order valence-electron chi connectivity index (χ0n) is 17.4. The van der Waals surface area contributed by atoms with E-state index >= 15 is 0 Å². The summed E-state index contributed by atoms with van der Waals surface area (Å²) in [6.45, 7) is 4.02. The minimum absolute atomic E-state index is 0.104. The van der Waals surface area contributed by atoms with Crippen molar-refractivity contribution in [1.29, 1.82) is 0 Å². The summed E-state index contributed by atoms with van der Waals surface area (Å²) in [6, 6.07) is 21.5. The average molecular weight is 437 g/mol. The third kappa shape index (κ3) is 4.41. The predicted molar refractivity (Wildman–Crippen MR) is 120 cm³/mol. The van der Waals surface area contributed by atoms with Crippen molar-refractivity contribution in [2.45, 2.75) is 31.4 Å². The van der Waals surface area contributed by atoms with Gasteiger partial charge >= 0.3 is 0 Å². The van der Waals surface area contributed by atoms with E-state index in [-0.39, 0.29) is 17.3 Å². The fourth-order valence-electron chi connectivity index (χ4n) is 3.46. The number of amides is 1. The Hall–Kier alpha value is -3.32. The van der Waals surface area contributed by atoms with Crippen molar-refractivity contribution >= 4 is 21.6 Å². The fourth-order valence-corrected chi connectivity index (χ4v) is 4.93. The lowest BCUT2D eigenvalue weighted by molar-refractivity contribution is -0.127. The van der Waals surface area contributed by atoms with Gasteiger partial charge in [-0.15, -0.1) is 0 Å². The summed E-state index contributed by atoms with van der Waals surface area (Å²) in [5, 5.41) is 2.84. The highest BCUT2D eigenvalue weighted by Gasteiger charge is 2.37. The molecule has 1 N–H and O–H groups in total. The van der Waals surface area contributed by atoms with Crippen LogP contribution in [-0.4, -0.2) is 27.0 Å². The van der Waals surface area contributed by atoms with Crippen molar-refractivity contribution < 1.29 is 17.9 Å². The van der Waals surface area contributed by atoms with Gasteiger partial charge in [0.25, 0.3) is 15.9 Å². The number of sulfonamides is 1. The van der Waals surface area contributed by atoms with E-state index in [9.17, 15) is 13.2 Å². The Morgan fingerprint density at radius 3 is 2.39 bits per heavy atom. The molecule has 1 aliphatic rings. The number of carbonyl (C=O) groups is 1. The smallest absolute Gasteiger partial charge is 0.264 e. The second kappa shape index (κ2) is 8.43. The van der Waals surface area contributed by atoms with E-state index in [0.717, 1.165) is 16.7 Å². The summed E-state index contributed by atoms with van der Waals surface area (Å²) in [5.74, 6) is 0.00609. The van der Waals surface area contributed by atoms with Gasteiger partial charge in [0.15, 0.2) is 6.10 Å². The summed E-state index contributed by atoms with van der Waals surface area (Å²) >= 11 is 0. The molecule has 0 radical (unpaired) electrons. The highest BCUT2D eigenvalue weighted by atomic mass is 32.2. The molecule has 0 aromatic heterocycles. The lowest BCUT2D eigenvalue weighted by atomic mass is 10.1. The van der Waals surface area contributed by atoms with Crippen LogP contribution in [-0.2, 0) is 21.4 Å². The summed E-state index contributed by atoms with van der Waals surface area (Å²) < 4.78 is 34.1. The first-order valence-corrected chi connectivity index (χ1v) is 11.5. The molecule has 0 aliphatic carbocycles. The molecule has 1 aliphatic heterocycles. The molecule has 0 bridgehead atoms. The monoisotopic (exact) mass is 436 g/mol. The molecule has 1 heterocycles. The van der Waals surface area contributed by atoms with Crippen molar-refractivity contribution in [3.8, 4) is 5.75 Å². The SMILES string of the molecule is Cc1ccc(S(=O)(=O)N2C[C@@H](C(=O)NCc3ccccc3)Oc3ccc(C)cc32)cc1. The van der Waals surface area contributed by atoms with Crippen LogP contribution in [0.1, 0.15) is 16.7 Å².